The molecule has 6 nitrogen and oxygen atoms in total. The number of rotatable bonds is 7. The van der Waals surface area contributed by atoms with Gasteiger partial charge in [-0.1, -0.05) is 6.92 Å². The van der Waals surface area contributed by atoms with Gasteiger partial charge < -0.3 is 21.1 Å². The largest absolute Gasteiger partial charge is 0.444 e. The fraction of sp³-hybridized carbons (Fsp3) is 0.833. The van der Waals surface area contributed by atoms with Crippen molar-refractivity contribution in [1.29, 1.82) is 0 Å². The highest BCUT2D eigenvalue weighted by Crippen LogP contribution is 2.06. The first-order valence-corrected chi connectivity index (χ1v) is 6.25. The summed E-state index contributed by atoms with van der Waals surface area (Å²) in [6.45, 7) is 8.45. The van der Waals surface area contributed by atoms with Gasteiger partial charge in [0.25, 0.3) is 0 Å². The van der Waals surface area contributed by atoms with E-state index in [0.717, 1.165) is 13.0 Å². The molecule has 1 atom stereocenters. The molecule has 4 N–H and O–H groups in total. The van der Waals surface area contributed by atoms with E-state index >= 15 is 0 Å². The predicted octanol–water partition coefficient (Wildman–Crippen LogP) is 0.755. The van der Waals surface area contributed by atoms with Gasteiger partial charge >= 0.3 is 6.09 Å². The molecule has 0 saturated carbocycles. The van der Waals surface area contributed by atoms with E-state index in [1.807, 2.05) is 6.92 Å². The van der Waals surface area contributed by atoms with Gasteiger partial charge in [-0.15, -0.1) is 0 Å². The number of hydrogen-bond donors (Lipinski definition) is 3. The van der Waals surface area contributed by atoms with Gasteiger partial charge in [0.05, 0.1) is 6.04 Å². The minimum absolute atomic E-state index is 0.346. The van der Waals surface area contributed by atoms with Crippen LogP contribution in [0.1, 0.15) is 40.5 Å². The summed E-state index contributed by atoms with van der Waals surface area (Å²) in [7, 11) is 0. The lowest BCUT2D eigenvalue weighted by Gasteiger charge is -2.20. The predicted molar refractivity (Wildman–Crippen MR) is 70.1 cm³/mol. The van der Waals surface area contributed by atoms with Gasteiger partial charge in [-0.25, -0.2) is 4.79 Å². The third-order valence-corrected chi connectivity index (χ3v) is 2.09. The van der Waals surface area contributed by atoms with Gasteiger partial charge in [0.2, 0.25) is 5.91 Å². The summed E-state index contributed by atoms with van der Waals surface area (Å²) in [6.07, 6.45) is 0.888. The average Bonchev–Trinajstić information content (AvgIpc) is 2.19. The lowest BCUT2D eigenvalue weighted by molar-refractivity contribution is -0.120. The van der Waals surface area contributed by atoms with Crippen molar-refractivity contribution in [1.82, 2.24) is 10.6 Å². The summed E-state index contributed by atoms with van der Waals surface area (Å²) >= 11 is 0. The topological polar surface area (TPSA) is 93.4 Å². The highest BCUT2D eigenvalue weighted by Gasteiger charge is 2.17. The summed E-state index contributed by atoms with van der Waals surface area (Å²) in [5, 5.41) is 5.62. The van der Waals surface area contributed by atoms with Crippen LogP contribution >= 0.6 is 0 Å². The van der Waals surface area contributed by atoms with Gasteiger partial charge in [0.1, 0.15) is 5.60 Å². The Kier molecular flexibility index (Phi) is 7.35. The van der Waals surface area contributed by atoms with Crippen molar-refractivity contribution in [3.8, 4) is 0 Å². The molecular weight excluding hydrogens is 234 g/mol. The summed E-state index contributed by atoms with van der Waals surface area (Å²) in [5.41, 5.74) is 4.73. The van der Waals surface area contributed by atoms with Crippen LogP contribution in [-0.4, -0.2) is 36.7 Å². The van der Waals surface area contributed by atoms with E-state index in [2.05, 4.69) is 10.6 Å². The monoisotopic (exact) mass is 259 g/mol. The summed E-state index contributed by atoms with van der Waals surface area (Å²) in [6, 6.07) is -0.417. The minimum atomic E-state index is -0.520. The molecule has 0 aromatic carbocycles. The molecule has 0 aromatic heterocycles. The third kappa shape index (κ3) is 8.81. The molecule has 18 heavy (non-hydrogen) atoms. The molecule has 0 aliphatic rings. The van der Waals surface area contributed by atoms with Crippen molar-refractivity contribution in [2.45, 2.75) is 52.2 Å². The molecule has 0 fully saturated rings. The van der Waals surface area contributed by atoms with Crippen molar-refractivity contribution in [2.24, 2.45) is 5.73 Å². The molecule has 6 heteroatoms. The smallest absolute Gasteiger partial charge is 0.407 e. The molecular formula is C12H25N3O3. The second-order valence-corrected chi connectivity index (χ2v) is 5.13. The number of ether oxygens (including phenoxy) is 1. The summed E-state index contributed by atoms with van der Waals surface area (Å²) in [4.78, 5) is 22.5. The van der Waals surface area contributed by atoms with Gasteiger partial charge in [-0.3, -0.25) is 4.79 Å². The van der Waals surface area contributed by atoms with Crippen LogP contribution in [0.5, 0.6) is 0 Å². The first kappa shape index (κ1) is 16.7. The van der Waals surface area contributed by atoms with Gasteiger partial charge in [-0.2, -0.15) is 0 Å². The normalized spacial score (nSPS) is 12.9. The molecule has 0 spiro atoms. The van der Waals surface area contributed by atoms with Crippen LogP contribution < -0.4 is 16.4 Å². The first-order valence-electron chi connectivity index (χ1n) is 6.25. The van der Waals surface area contributed by atoms with E-state index in [4.69, 9.17) is 10.5 Å². The summed E-state index contributed by atoms with van der Waals surface area (Å²) < 4.78 is 5.07. The molecule has 0 rings (SSSR count). The Morgan fingerprint density at radius 1 is 1.28 bits per heavy atom. The van der Waals surface area contributed by atoms with Crippen LogP contribution in [0.15, 0.2) is 0 Å². The molecule has 0 aliphatic carbocycles. The molecule has 0 aromatic rings. The Bertz CT molecular complexity index is 274. The SMILES string of the molecule is CCCNC(CCNC(=O)OC(C)(C)C)C(N)=O. The molecule has 0 heterocycles. The van der Waals surface area contributed by atoms with E-state index in [1.165, 1.54) is 0 Å². The number of carbonyl (C=O) groups excluding carboxylic acids is 2. The van der Waals surface area contributed by atoms with Crippen LogP contribution in [0, 0.1) is 0 Å². The van der Waals surface area contributed by atoms with Crippen LogP contribution in [-0.2, 0) is 9.53 Å². The Hall–Kier alpha value is -1.30. The van der Waals surface area contributed by atoms with E-state index < -0.39 is 23.6 Å². The number of amides is 2. The van der Waals surface area contributed by atoms with E-state index in [9.17, 15) is 9.59 Å². The molecule has 2 amide bonds. The van der Waals surface area contributed by atoms with Gasteiger partial charge in [-0.05, 0) is 40.2 Å². The van der Waals surface area contributed by atoms with E-state index in [0.29, 0.717) is 13.0 Å². The number of alkyl carbamates (subject to hydrolysis) is 1. The molecule has 0 aliphatic heterocycles. The van der Waals surface area contributed by atoms with Crippen molar-refractivity contribution in [3.63, 3.8) is 0 Å². The number of primary amides is 1. The Morgan fingerprint density at radius 3 is 2.33 bits per heavy atom. The number of nitrogens with two attached hydrogens (primary N) is 1. The van der Waals surface area contributed by atoms with E-state index in [1.54, 1.807) is 20.8 Å². The van der Waals surface area contributed by atoms with Gasteiger partial charge in [0.15, 0.2) is 0 Å². The fourth-order valence-electron chi connectivity index (χ4n) is 1.30. The molecule has 106 valence electrons. The second kappa shape index (κ2) is 7.92. The lowest BCUT2D eigenvalue weighted by atomic mass is 10.2. The van der Waals surface area contributed by atoms with Crippen molar-refractivity contribution >= 4 is 12.0 Å². The summed E-state index contributed by atoms with van der Waals surface area (Å²) in [5.74, 6) is -0.408. The van der Waals surface area contributed by atoms with Crippen molar-refractivity contribution in [2.75, 3.05) is 13.1 Å². The maximum absolute atomic E-state index is 11.4. The quantitative estimate of drug-likeness (QED) is 0.629. The van der Waals surface area contributed by atoms with Crippen molar-refractivity contribution in [3.05, 3.63) is 0 Å². The van der Waals surface area contributed by atoms with E-state index in [-0.39, 0.29) is 0 Å². The first-order chi connectivity index (χ1) is 8.26. The zero-order valence-electron chi connectivity index (χ0n) is 11.7. The Balaban J connectivity index is 3.92. The minimum Gasteiger partial charge on any atom is -0.444 e. The third-order valence-electron chi connectivity index (χ3n) is 2.09. The van der Waals surface area contributed by atoms with Crippen LogP contribution in [0.2, 0.25) is 0 Å². The average molecular weight is 259 g/mol. The highest BCUT2D eigenvalue weighted by molar-refractivity contribution is 5.79. The molecule has 0 radical (unpaired) electrons. The van der Waals surface area contributed by atoms with Crippen LogP contribution in [0.25, 0.3) is 0 Å². The highest BCUT2D eigenvalue weighted by atomic mass is 16.6. The maximum Gasteiger partial charge on any atom is 0.407 e. The lowest BCUT2D eigenvalue weighted by Crippen LogP contribution is -2.44. The molecule has 0 bridgehead atoms. The zero-order chi connectivity index (χ0) is 14.2. The van der Waals surface area contributed by atoms with Crippen LogP contribution in [0.4, 0.5) is 4.79 Å². The van der Waals surface area contributed by atoms with Crippen LogP contribution in [0.3, 0.4) is 0 Å². The number of hydrogen-bond acceptors (Lipinski definition) is 4. The zero-order valence-corrected chi connectivity index (χ0v) is 11.7. The van der Waals surface area contributed by atoms with Crippen molar-refractivity contribution < 1.29 is 14.3 Å². The molecule has 0 saturated heterocycles. The second-order valence-electron chi connectivity index (χ2n) is 5.13. The standard InChI is InChI=1S/C12H25N3O3/c1-5-7-14-9(10(13)16)6-8-15-11(17)18-12(2,3)4/h9,14H,5-8H2,1-4H3,(H2,13,16)(H,15,17). The Morgan fingerprint density at radius 2 is 1.89 bits per heavy atom. The fourth-order valence-corrected chi connectivity index (χ4v) is 1.30. The number of nitrogens with one attached hydrogen (secondary N) is 2. The number of carbonyl (C=O) groups is 2. The maximum atomic E-state index is 11.4. The molecule has 1 unspecified atom stereocenters. The van der Waals surface area contributed by atoms with Gasteiger partial charge in [0, 0.05) is 6.54 Å². The Labute approximate surface area is 109 Å².